The molecule has 0 aliphatic heterocycles. The highest BCUT2D eigenvalue weighted by Crippen LogP contribution is 2.23. The van der Waals surface area contributed by atoms with Gasteiger partial charge in [-0.1, -0.05) is 91.7 Å². The Bertz CT molecular complexity index is 1340. The van der Waals surface area contributed by atoms with Crippen LogP contribution in [-0.2, 0) is 19.3 Å². The number of rotatable bonds is 7. The third kappa shape index (κ3) is 6.04. The van der Waals surface area contributed by atoms with E-state index in [4.69, 9.17) is 11.6 Å². The largest absolute Gasteiger partial charge is 0.205 e. The molecule has 0 atom stereocenters. The highest BCUT2D eigenvalue weighted by Gasteiger charge is 2.07. The van der Waals surface area contributed by atoms with Gasteiger partial charge in [0.15, 0.2) is 0 Å². The van der Waals surface area contributed by atoms with Crippen molar-refractivity contribution in [3.05, 3.63) is 117 Å². The molecule has 0 bridgehead atoms. The molecule has 0 saturated carbocycles. The highest BCUT2D eigenvalue weighted by atomic mass is 35.5. The first-order chi connectivity index (χ1) is 16.5. The summed E-state index contributed by atoms with van der Waals surface area (Å²) in [7, 11) is 0. The molecule has 4 aromatic carbocycles. The van der Waals surface area contributed by atoms with E-state index in [0.717, 1.165) is 24.6 Å². The SMILES string of the molecule is CCCCCc1ccc(CCc2ccc3c(F)c(C#Cc4ccc(Cl)c(F)c4)ccc3c2)cc1. The van der Waals surface area contributed by atoms with E-state index in [1.54, 1.807) is 12.1 Å². The van der Waals surface area contributed by atoms with Crippen LogP contribution in [0.1, 0.15) is 54.0 Å². The molecule has 0 amide bonds. The predicted molar refractivity (Wildman–Crippen MR) is 138 cm³/mol. The first-order valence-corrected chi connectivity index (χ1v) is 12.2. The van der Waals surface area contributed by atoms with E-state index >= 15 is 4.39 Å². The fourth-order valence-electron chi connectivity index (χ4n) is 4.05. The molecule has 4 aromatic rings. The summed E-state index contributed by atoms with van der Waals surface area (Å²) in [4.78, 5) is 0. The minimum absolute atomic E-state index is 0.0395. The van der Waals surface area contributed by atoms with Gasteiger partial charge in [-0.25, -0.2) is 8.78 Å². The minimum Gasteiger partial charge on any atom is -0.205 e. The van der Waals surface area contributed by atoms with Crippen molar-refractivity contribution in [2.75, 3.05) is 0 Å². The Kier molecular flexibility index (Phi) is 7.99. The predicted octanol–water partition coefficient (Wildman–Crippen LogP) is 8.69. The summed E-state index contributed by atoms with van der Waals surface area (Å²) in [6.07, 6.45) is 6.76. The fourth-order valence-corrected chi connectivity index (χ4v) is 4.16. The summed E-state index contributed by atoms with van der Waals surface area (Å²) >= 11 is 5.70. The Balaban J connectivity index is 1.44. The van der Waals surface area contributed by atoms with Crippen LogP contribution in [0.25, 0.3) is 10.8 Å². The summed E-state index contributed by atoms with van der Waals surface area (Å²) in [5.74, 6) is 4.73. The van der Waals surface area contributed by atoms with Gasteiger partial charge in [0.05, 0.1) is 10.6 Å². The number of aryl methyl sites for hydroxylation is 3. The van der Waals surface area contributed by atoms with Gasteiger partial charge in [-0.15, -0.1) is 0 Å². The van der Waals surface area contributed by atoms with Gasteiger partial charge in [-0.2, -0.15) is 0 Å². The molecule has 0 aliphatic rings. The summed E-state index contributed by atoms with van der Waals surface area (Å²) in [5, 5.41) is 1.43. The maximum Gasteiger partial charge on any atom is 0.146 e. The molecular weight excluding hydrogens is 446 g/mol. The lowest BCUT2D eigenvalue weighted by molar-refractivity contribution is 0.628. The van der Waals surface area contributed by atoms with Crippen LogP contribution in [0.15, 0.2) is 72.8 Å². The normalized spacial score (nSPS) is 10.8. The molecule has 0 heterocycles. The van der Waals surface area contributed by atoms with Crippen molar-refractivity contribution in [3.8, 4) is 11.8 Å². The van der Waals surface area contributed by atoms with Crippen molar-refractivity contribution in [2.45, 2.75) is 45.4 Å². The number of hydrogen-bond donors (Lipinski definition) is 0. The Morgan fingerprint density at radius 2 is 1.41 bits per heavy atom. The van der Waals surface area contributed by atoms with Crippen LogP contribution < -0.4 is 0 Å². The lowest BCUT2D eigenvalue weighted by Gasteiger charge is -2.07. The molecule has 3 heteroatoms. The van der Waals surface area contributed by atoms with E-state index in [-0.39, 0.29) is 16.4 Å². The first kappa shape index (κ1) is 24.0. The standard InChI is InChI=1S/C31H27ClF2/c1-2-3-4-5-22-6-8-23(9-7-22)10-11-24-13-18-28-27(20-24)17-16-26(31(28)34)15-12-25-14-19-29(32)30(33)21-25/h6-9,13-14,16-21H,2-5,10-11H2,1H3. The van der Waals surface area contributed by atoms with Crippen molar-refractivity contribution in [3.63, 3.8) is 0 Å². The average Bonchev–Trinajstić information content (AvgIpc) is 2.85. The van der Waals surface area contributed by atoms with Crippen molar-refractivity contribution in [2.24, 2.45) is 0 Å². The zero-order valence-corrected chi connectivity index (χ0v) is 20.1. The number of benzene rings is 4. The monoisotopic (exact) mass is 472 g/mol. The summed E-state index contributed by atoms with van der Waals surface area (Å²) in [5.41, 5.74) is 4.63. The van der Waals surface area contributed by atoms with E-state index in [0.29, 0.717) is 10.9 Å². The Labute approximate surface area is 205 Å². The molecule has 0 nitrogen and oxygen atoms in total. The number of halogens is 3. The Morgan fingerprint density at radius 3 is 2.15 bits per heavy atom. The van der Waals surface area contributed by atoms with Gasteiger partial charge in [0.1, 0.15) is 11.6 Å². The van der Waals surface area contributed by atoms with Crippen LogP contribution in [0.2, 0.25) is 5.02 Å². The summed E-state index contributed by atoms with van der Waals surface area (Å²) < 4.78 is 28.7. The molecule has 0 fully saturated rings. The molecule has 34 heavy (non-hydrogen) atoms. The maximum absolute atomic E-state index is 15.0. The zero-order valence-electron chi connectivity index (χ0n) is 19.3. The first-order valence-electron chi connectivity index (χ1n) is 11.8. The lowest BCUT2D eigenvalue weighted by Crippen LogP contribution is -1.94. The zero-order chi connectivity index (χ0) is 23.9. The van der Waals surface area contributed by atoms with Crippen molar-refractivity contribution in [1.82, 2.24) is 0 Å². The maximum atomic E-state index is 15.0. The van der Waals surface area contributed by atoms with Gasteiger partial charge in [0.25, 0.3) is 0 Å². The second-order valence-corrected chi connectivity index (χ2v) is 9.04. The van der Waals surface area contributed by atoms with E-state index in [1.165, 1.54) is 48.1 Å². The number of unbranched alkanes of at least 4 members (excludes halogenated alkanes) is 2. The van der Waals surface area contributed by atoms with Crippen LogP contribution in [0.4, 0.5) is 8.78 Å². The van der Waals surface area contributed by atoms with E-state index in [2.05, 4.69) is 43.0 Å². The van der Waals surface area contributed by atoms with E-state index in [1.807, 2.05) is 24.3 Å². The molecule has 0 unspecified atom stereocenters. The van der Waals surface area contributed by atoms with Crippen molar-refractivity contribution < 1.29 is 8.78 Å². The second-order valence-electron chi connectivity index (χ2n) is 8.64. The smallest absolute Gasteiger partial charge is 0.146 e. The molecular formula is C31H27ClF2. The molecule has 4 rings (SSSR count). The van der Waals surface area contributed by atoms with Gasteiger partial charge >= 0.3 is 0 Å². The third-order valence-electron chi connectivity index (χ3n) is 6.07. The van der Waals surface area contributed by atoms with Gasteiger partial charge in [0.2, 0.25) is 0 Å². The number of hydrogen-bond acceptors (Lipinski definition) is 0. The molecule has 0 spiro atoms. The Morgan fingerprint density at radius 1 is 0.706 bits per heavy atom. The summed E-state index contributed by atoms with van der Waals surface area (Å²) in [6.45, 7) is 2.23. The fraction of sp³-hybridized carbons (Fsp3) is 0.226. The van der Waals surface area contributed by atoms with E-state index in [9.17, 15) is 4.39 Å². The lowest BCUT2D eigenvalue weighted by atomic mass is 9.98. The van der Waals surface area contributed by atoms with Gasteiger partial charge in [-0.05, 0) is 72.0 Å². The van der Waals surface area contributed by atoms with Crippen LogP contribution >= 0.6 is 11.6 Å². The van der Waals surface area contributed by atoms with Crippen LogP contribution in [0, 0.1) is 23.5 Å². The molecule has 0 aromatic heterocycles. The molecule has 0 radical (unpaired) electrons. The highest BCUT2D eigenvalue weighted by molar-refractivity contribution is 6.30. The van der Waals surface area contributed by atoms with Gasteiger partial charge in [0, 0.05) is 10.9 Å². The van der Waals surface area contributed by atoms with Gasteiger partial charge < -0.3 is 0 Å². The third-order valence-corrected chi connectivity index (χ3v) is 6.38. The summed E-state index contributed by atoms with van der Waals surface area (Å²) in [6, 6.07) is 22.6. The quantitative estimate of drug-likeness (QED) is 0.186. The van der Waals surface area contributed by atoms with Crippen molar-refractivity contribution >= 4 is 22.4 Å². The Hall–Kier alpha value is -3.15. The van der Waals surface area contributed by atoms with E-state index < -0.39 is 5.82 Å². The van der Waals surface area contributed by atoms with Crippen LogP contribution in [0.3, 0.4) is 0 Å². The average molecular weight is 473 g/mol. The molecule has 0 saturated heterocycles. The number of fused-ring (bicyclic) bond motifs is 1. The van der Waals surface area contributed by atoms with Crippen LogP contribution in [0.5, 0.6) is 0 Å². The molecule has 0 N–H and O–H groups in total. The molecule has 0 aliphatic carbocycles. The molecule has 172 valence electrons. The van der Waals surface area contributed by atoms with Crippen molar-refractivity contribution in [1.29, 1.82) is 0 Å². The van der Waals surface area contributed by atoms with Gasteiger partial charge in [-0.3, -0.25) is 0 Å². The second kappa shape index (κ2) is 11.3. The van der Waals surface area contributed by atoms with Crippen LogP contribution in [-0.4, -0.2) is 0 Å². The topological polar surface area (TPSA) is 0 Å². The minimum atomic E-state index is -0.539.